The quantitative estimate of drug-likeness (QED) is 0.792. The van der Waals surface area contributed by atoms with Crippen LogP contribution in [0.1, 0.15) is 43.7 Å². The molecule has 2 rings (SSSR count). The van der Waals surface area contributed by atoms with Gasteiger partial charge in [0.15, 0.2) is 0 Å². The van der Waals surface area contributed by atoms with Gasteiger partial charge in [-0.05, 0) is 37.4 Å². The van der Waals surface area contributed by atoms with Crippen molar-refractivity contribution in [2.45, 2.75) is 45.2 Å². The maximum Gasteiger partial charge on any atom is 0.0540 e. The van der Waals surface area contributed by atoms with Crippen molar-refractivity contribution in [1.82, 2.24) is 4.90 Å². The SMILES string of the molecule is CCCN(Cc1ccccc1C#CCCO)C1CC1. The average Bonchev–Trinajstić information content (AvgIpc) is 3.25. The Morgan fingerprint density at radius 1 is 1.32 bits per heavy atom. The molecule has 0 atom stereocenters. The molecule has 0 aliphatic heterocycles. The minimum Gasteiger partial charge on any atom is -0.395 e. The van der Waals surface area contributed by atoms with E-state index in [9.17, 15) is 0 Å². The van der Waals surface area contributed by atoms with Crippen LogP contribution >= 0.6 is 0 Å². The first-order valence-corrected chi connectivity index (χ1v) is 7.26. The molecule has 1 aromatic rings. The zero-order valence-electron chi connectivity index (χ0n) is 11.7. The maximum atomic E-state index is 8.80. The topological polar surface area (TPSA) is 23.5 Å². The van der Waals surface area contributed by atoms with Gasteiger partial charge in [0.1, 0.15) is 0 Å². The zero-order valence-corrected chi connectivity index (χ0v) is 11.7. The van der Waals surface area contributed by atoms with Crippen molar-refractivity contribution in [3.05, 3.63) is 35.4 Å². The summed E-state index contributed by atoms with van der Waals surface area (Å²) >= 11 is 0. The molecule has 0 radical (unpaired) electrons. The first-order valence-electron chi connectivity index (χ1n) is 7.26. The van der Waals surface area contributed by atoms with E-state index in [0.717, 1.165) is 18.2 Å². The van der Waals surface area contributed by atoms with Gasteiger partial charge in [-0.25, -0.2) is 0 Å². The number of hydrogen-bond donors (Lipinski definition) is 1. The van der Waals surface area contributed by atoms with E-state index in [0.29, 0.717) is 6.42 Å². The van der Waals surface area contributed by atoms with Crippen molar-refractivity contribution < 1.29 is 5.11 Å². The maximum absolute atomic E-state index is 8.80. The van der Waals surface area contributed by atoms with Crippen LogP contribution in [0, 0.1) is 11.8 Å². The lowest BCUT2D eigenvalue weighted by Crippen LogP contribution is -2.26. The highest BCUT2D eigenvalue weighted by molar-refractivity contribution is 5.41. The smallest absolute Gasteiger partial charge is 0.0540 e. The molecule has 1 aromatic carbocycles. The predicted molar refractivity (Wildman–Crippen MR) is 78.7 cm³/mol. The highest BCUT2D eigenvalue weighted by Crippen LogP contribution is 2.28. The Morgan fingerprint density at radius 2 is 2.11 bits per heavy atom. The van der Waals surface area contributed by atoms with Crippen LogP contribution in [0.5, 0.6) is 0 Å². The number of benzene rings is 1. The van der Waals surface area contributed by atoms with Gasteiger partial charge in [-0.1, -0.05) is 37.0 Å². The van der Waals surface area contributed by atoms with Crippen LogP contribution in [-0.2, 0) is 6.54 Å². The molecular weight excluding hydrogens is 234 g/mol. The second-order valence-corrected chi connectivity index (χ2v) is 5.13. The van der Waals surface area contributed by atoms with Gasteiger partial charge < -0.3 is 5.11 Å². The number of rotatable bonds is 6. The summed E-state index contributed by atoms with van der Waals surface area (Å²) < 4.78 is 0. The predicted octanol–water partition coefficient (Wildman–Crippen LogP) is 2.79. The summed E-state index contributed by atoms with van der Waals surface area (Å²) in [5.41, 5.74) is 2.42. The molecule has 2 nitrogen and oxygen atoms in total. The number of hydrogen-bond acceptors (Lipinski definition) is 2. The summed E-state index contributed by atoms with van der Waals surface area (Å²) in [5, 5.41) is 8.80. The summed E-state index contributed by atoms with van der Waals surface area (Å²) in [7, 11) is 0. The highest BCUT2D eigenvalue weighted by atomic mass is 16.2. The van der Waals surface area contributed by atoms with Gasteiger partial charge in [-0.15, -0.1) is 0 Å². The van der Waals surface area contributed by atoms with Gasteiger partial charge in [0.05, 0.1) is 6.61 Å². The molecule has 102 valence electrons. The fourth-order valence-electron chi connectivity index (χ4n) is 2.33. The van der Waals surface area contributed by atoms with Crippen molar-refractivity contribution in [3.63, 3.8) is 0 Å². The van der Waals surface area contributed by atoms with Crippen molar-refractivity contribution in [2.75, 3.05) is 13.2 Å². The molecule has 0 spiro atoms. The summed E-state index contributed by atoms with van der Waals surface area (Å²) in [6.45, 7) is 4.55. The van der Waals surface area contributed by atoms with Crippen LogP contribution in [0.25, 0.3) is 0 Å². The average molecular weight is 257 g/mol. The monoisotopic (exact) mass is 257 g/mol. The second kappa shape index (κ2) is 7.33. The molecule has 0 aromatic heterocycles. The van der Waals surface area contributed by atoms with Crippen LogP contribution < -0.4 is 0 Å². The summed E-state index contributed by atoms with van der Waals surface area (Å²) in [5.74, 6) is 6.21. The van der Waals surface area contributed by atoms with E-state index in [-0.39, 0.29) is 6.61 Å². The molecule has 1 N–H and O–H groups in total. The van der Waals surface area contributed by atoms with E-state index in [4.69, 9.17) is 5.11 Å². The molecule has 1 aliphatic rings. The lowest BCUT2D eigenvalue weighted by atomic mass is 10.1. The first-order chi connectivity index (χ1) is 9.35. The van der Waals surface area contributed by atoms with Gasteiger partial charge in [0.2, 0.25) is 0 Å². The minimum atomic E-state index is 0.138. The Morgan fingerprint density at radius 3 is 2.79 bits per heavy atom. The zero-order chi connectivity index (χ0) is 13.5. The molecule has 0 bridgehead atoms. The van der Waals surface area contributed by atoms with E-state index in [2.05, 4.69) is 41.9 Å². The van der Waals surface area contributed by atoms with Gasteiger partial charge in [0, 0.05) is 24.6 Å². The van der Waals surface area contributed by atoms with E-state index >= 15 is 0 Å². The van der Waals surface area contributed by atoms with E-state index in [1.54, 1.807) is 0 Å². The third kappa shape index (κ3) is 4.38. The lowest BCUT2D eigenvalue weighted by molar-refractivity contribution is 0.255. The summed E-state index contributed by atoms with van der Waals surface area (Å²) in [6.07, 6.45) is 4.45. The molecule has 0 saturated heterocycles. The van der Waals surface area contributed by atoms with Crippen LogP contribution in [0.4, 0.5) is 0 Å². The van der Waals surface area contributed by atoms with Crippen LogP contribution in [0.3, 0.4) is 0 Å². The first kappa shape index (κ1) is 14.1. The van der Waals surface area contributed by atoms with Crippen molar-refractivity contribution in [1.29, 1.82) is 0 Å². The summed E-state index contributed by atoms with van der Waals surface area (Å²) in [4.78, 5) is 2.58. The van der Waals surface area contributed by atoms with E-state index < -0.39 is 0 Å². The van der Waals surface area contributed by atoms with Gasteiger partial charge in [-0.2, -0.15) is 0 Å². The molecule has 19 heavy (non-hydrogen) atoms. The van der Waals surface area contributed by atoms with Crippen LogP contribution in [0.2, 0.25) is 0 Å². The lowest BCUT2D eigenvalue weighted by Gasteiger charge is -2.21. The number of aliphatic hydroxyl groups is 1. The molecule has 0 heterocycles. The summed E-state index contributed by atoms with van der Waals surface area (Å²) in [6, 6.07) is 9.17. The molecule has 0 amide bonds. The third-order valence-electron chi connectivity index (χ3n) is 3.42. The molecular formula is C17H23NO. The van der Waals surface area contributed by atoms with Gasteiger partial charge in [-0.3, -0.25) is 4.90 Å². The number of aliphatic hydroxyl groups excluding tert-OH is 1. The fraction of sp³-hybridized carbons (Fsp3) is 0.529. The fourth-order valence-corrected chi connectivity index (χ4v) is 2.33. The number of nitrogens with zero attached hydrogens (tertiary/aromatic N) is 1. The molecule has 2 heteroatoms. The van der Waals surface area contributed by atoms with Crippen molar-refractivity contribution in [3.8, 4) is 11.8 Å². The Hall–Kier alpha value is -1.30. The normalized spacial score (nSPS) is 14.3. The third-order valence-corrected chi connectivity index (χ3v) is 3.42. The van der Waals surface area contributed by atoms with E-state index in [1.165, 1.54) is 31.4 Å². The molecule has 1 aliphatic carbocycles. The Labute approximate surface area is 116 Å². The van der Waals surface area contributed by atoms with Gasteiger partial charge in [0.25, 0.3) is 0 Å². The highest BCUT2D eigenvalue weighted by Gasteiger charge is 2.28. The molecule has 1 saturated carbocycles. The Bertz CT molecular complexity index is 454. The molecule has 1 fully saturated rings. The minimum absolute atomic E-state index is 0.138. The Kier molecular flexibility index (Phi) is 5.44. The van der Waals surface area contributed by atoms with Gasteiger partial charge >= 0.3 is 0 Å². The van der Waals surface area contributed by atoms with Crippen LogP contribution in [0.15, 0.2) is 24.3 Å². The van der Waals surface area contributed by atoms with Crippen LogP contribution in [-0.4, -0.2) is 29.2 Å². The largest absolute Gasteiger partial charge is 0.395 e. The Balaban J connectivity index is 2.08. The second-order valence-electron chi connectivity index (χ2n) is 5.13. The standard InChI is InChI=1S/C17H23NO/c1-2-12-18(17-10-11-17)14-16-9-4-3-7-15(16)8-5-6-13-19/h3-4,7,9,17,19H,2,6,10-14H2,1H3. The van der Waals surface area contributed by atoms with Crippen molar-refractivity contribution in [2.24, 2.45) is 0 Å². The van der Waals surface area contributed by atoms with E-state index in [1.807, 2.05) is 6.07 Å². The van der Waals surface area contributed by atoms with Crippen molar-refractivity contribution >= 4 is 0 Å². The molecule has 0 unspecified atom stereocenters.